The van der Waals surface area contributed by atoms with E-state index in [-0.39, 0.29) is 0 Å². The van der Waals surface area contributed by atoms with Gasteiger partial charge in [0.2, 0.25) is 5.89 Å². The summed E-state index contributed by atoms with van der Waals surface area (Å²) < 4.78 is 8.45. The van der Waals surface area contributed by atoms with Gasteiger partial charge in [-0.3, -0.25) is 4.98 Å². The molecule has 0 atom stereocenters. The summed E-state index contributed by atoms with van der Waals surface area (Å²) in [6.45, 7) is 0. The minimum absolute atomic E-state index is 0.612. The molecule has 8 aromatic rings. The van der Waals surface area contributed by atoms with E-state index in [1.54, 1.807) is 11.3 Å². The van der Waals surface area contributed by atoms with Gasteiger partial charge in [-0.15, -0.1) is 11.3 Å². The Morgan fingerprint density at radius 3 is 2.36 bits per heavy atom. The third kappa shape index (κ3) is 3.65. The summed E-state index contributed by atoms with van der Waals surface area (Å²) in [5.41, 5.74) is 8.85. The second-order valence-corrected chi connectivity index (χ2v) is 10.3. The molecule has 0 bridgehead atoms. The largest absolute Gasteiger partial charge is 0.436 e. The number of hydrogen-bond acceptors (Lipinski definition) is 5. The van der Waals surface area contributed by atoms with Crippen LogP contribution in [0.2, 0.25) is 0 Å². The number of para-hydroxylation sites is 3. The molecule has 0 saturated heterocycles. The first-order chi connectivity index (χ1) is 19.3. The second-order valence-electron chi connectivity index (χ2n) is 9.39. The highest BCUT2D eigenvalue weighted by molar-refractivity contribution is 7.13. The van der Waals surface area contributed by atoms with Crippen molar-refractivity contribution in [2.75, 3.05) is 0 Å². The van der Waals surface area contributed by atoms with Crippen LogP contribution in [0.15, 0.2) is 125 Å². The molecule has 0 unspecified atom stereocenters. The Morgan fingerprint density at radius 2 is 1.49 bits per heavy atom. The summed E-state index contributed by atoms with van der Waals surface area (Å²) in [6, 6.07) is 35.4. The third-order valence-corrected chi connectivity index (χ3v) is 7.85. The SMILES string of the molecule is c1ccc(-c2cc(-c3nccs3)cc(-n3c4ccccc4c4ccc(-c5nc6ccccc6o5)cc43)c2)nc1. The zero-order valence-electron chi connectivity index (χ0n) is 20.7. The molecule has 184 valence electrons. The van der Waals surface area contributed by atoms with Gasteiger partial charge in [0, 0.05) is 50.9 Å². The molecule has 0 fully saturated rings. The van der Waals surface area contributed by atoms with Crippen LogP contribution in [0.3, 0.4) is 0 Å². The standard InChI is InChI=1S/C33H20N4OS/c1-3-10-29-25(7-1)26-13-12-21(32-36-28-9-2-4-11-31(28)38-32)20-30(26)37(29)24-18-22(27-8-5-6-14-34-27)17-23(19-24)33-35-15-16-39-33/h1-20H. The molecule has 0 aliphatic rings. The van der Waals surface area contributed by atoms with E-state index in [0.717, 1.165) is 55.2 Å². The molecule has 0 saturated carbocycles. The zero-order valence-corrected chi connectivity index (χ0v) is 21.5. The molecule has 0 spiro atoms. The lowest BCUT2D eigenvalue weighted by atomic mass is 10.1. The first-order valence-electron chi connectivity index (χ1n) is 12.7. The third-order valence-electron chi connectivity index (χ3n) is 7.03. The lowest BCUT2D eigenvalue weighted by Gasteiger charge is -2.13. The maximum Gasteiger partial charge on any atom is 0.227 e. The number of oxazole rings is 1. The molecule has 4 heterocycles. The van der Waals surface area contributed by atoms with Crippen molar-refractivity contribution in [2.24, 2.45) is 0 Å². The summed E-state index contributed by atoms with van der Waals surface area (Å²) in [6.07, 6.45) is 3.68. The van der Waals surface area contributed by atoms with Gasteiger partial charge < -0.3 is 8.98 Å². The molecule has 0 aliphatic carbocycles. The normalized spacial score (nSPS) is 11.6. The number of fused-ring (bicyclic) bond motifs is 4. The molecular weight excluding hydrogens is 500 g/mol. The molecule has 39 heavy (non-hydrogen) atoms. The van der Waals surface area contributed by atoms with Crippen LogP contribution in [0.1, 0.15) is 0 Å². The van der Waals surface area contributed by atoms with Crippen LogP contribution in [-0.4, -0.2) is 19.5 Å². The predicted molar refractivity (Wildman–Crippen MR) is 158 cm³/mol. The van der Waals surface area contributed by atoms with Crippen LogP contribution >= 0.6 is 11.3 Å². The quantitative estimate of drug-likeness (QED) is 0.233. The van der Waals surface area contributed by atoms with Gasteiger partial charge in [-0.2, -0.15) is 0 Å². The van der Waals surface area contributed by atoms with Gasteiger partial charge in [0.25, 0.3) is 0 Å². The molecular formula is C33H20N4OS. The first kappa shape index (κ1) is 22.0. The fraction of sp³-hybridized carbons (Fsp3) is 0. The van der Waals surface area contributed by atoms with Gasteiger partial charge >= 0.3 is 0 Å². The summed E-state index contributed by atoms with van der Waals surface area (Å²) >= 11 is 1.63. The molecule has 0 amide bonds. The number of pyridine rings is 1. The van der Waals surface area contributed by atoms with E-state index in [9.17, 15) is 0 Å². The van der Waals surface area contributed by atoms with Gasteiger partial charge in [0.15, 0.2) is 5.58 Å². The lowest BCUT2D eigenvalue weighted by molar-refractivity contribution is 0.620. The number of hydrogen-bond donors (Lipinski definition) is 0. The number of nitrogens with zero attached hydrogens (tertiary/aromatic N) is 4. The Kier molecular flexibility index (Phi) is 4.93. The molecule has 5 nitrogen and oxygen atoms in total. The minimum Gasteiger partial charge on any atom is -0.436 e. The topological polar surface area (TPSA) is 56.7 Å². The predicted octanol–water partition coefficient (Wildman–Crippen LogP) is 8.78. The van der Waals surface area contributed by atoms with Crippen molar-refractivity contribution in [1.29, 1.82) is 0 Å². The van der Waals surface area contributed by atoms with E-state index in [0.29, 0.717) is 5.89 Å². The molecule has 0 aliphatic heterocycles. The van der Waals surface area contributed by atoms with Gasteiger partial charge in [0.05, 0.1) is 16.7 Å². The van der Waals surface area contributed by atoms with Crippen LogP contribution in [0.5, 0.6) is 0 Å². The summed E-state index contributed by atoms with van der Waals surface area (Å²) in [7, 11) is 0. The highest BCUT2D eigenvalue weighted by Gasteiger charge is 2.17. The molecule has 0 N–H and O–H groups in total. The molecule has 4 aromatic heterocycles. The monoisotopic (exact) mass is 520 g/mol. The fourth-order valence-electron chi connectivity index (χ4n) is 5.29. The minimum atomic E-state index is 0.612. The Bertz CT molecular complexity index is 2090. The highest BCUT2D eigenvalue weighted by Crippen LogP contribution is 2.38. The molecule has 6 heteroatoms. The maximum absolute atomic E-state index is 6.13. The van der Waals surface area contributed by atoms with Gasteiger partial charge in [-0.1, -0.05) is 42.5 Å². The summed E-state index contributed by atoms with van der Waals surface area (Å²) in [5.74, 6) is 0.612. The van der Waals surface area contributed by atoms with Crippen LogP contribution in [0, 0.1) is 0 Å². The average molecular weight is 521 g/mol. The Balaban J connectivity index is 1.41. The first-order valence-corrected chi connectivity index (χ1v) is 13.6. The lowest BCUT2D eigenvalue weighted by Crippen LogP contribution is -1.96. The number of benzene rings is 4. The van der Waals surface area contributed by atoms with Crippen LogP contribution in [-0.2, 0) is 0 Å². The van der Waals surface area contributed by atoms with E-state index in [4.69, 9.17) is 9.40 Å². The molecule has 4 aromatic carbocycles. The highest BCUT2D eigenvalue weighted by atomic mass is 32.1. The van der Waals surface area contributed by atoms with Crippen molar-refractivity contribution in [3.8, 4) is 39.0 Å². The number of thiazole rings is 1. The van der Waals surface area contributed by atoms with Crippen molar-refractivity contribution in [2.45, 2.75) is 0 Å². The second kappa shape index (κ2) is 8.75. The van der Waals surface area contributed by atoms with Crippen molar-refractivity contribution in [3.05, 3.63) is 121 Å². The fourth-order valence-corrected chi connectivity index (χ4v) is 5.91. The zero-order chi connectivity index (χ0) is 25.8. The van der Waals surface area contributed by atoms with Gasteiger partial charge in [0.1, 0.15) is 10.5 Å². The van der Waals surface area contributed by atoms with Crippen LogP contribution in [0.25, 0.3) is 71.9 Å². The van der Waals surface area contributed by atoms with Crippen LogP contribution < -0.4 is 0 Å². The van der Waals surface area contributed by atoms with Crippen molar-refractivity contribution < 1.29 is 4.42 Å². The number of rotatable bonds is 4. The Morgan fingerprint density at radius 1 is 0.641 bits per heavy atom. The van der Waals surface area contributed by atoms with E-state index in [2.05, 4.69) is 75.2 Å². The van der Waals surface area contributed by atoms with Gasteiger partial charge in [-0.25, -0.2) is 9.97 Å². The van der Waals surface area contributed by atoms with E-state index < -0.39 is 0 Å². The smallest absolute Gasteiger partial charge is 0.227 e. The average Bonchev–Trinajstić information content (AvgIpc) is 3.75. The van der Waals surface area contributed by atoms with Crippen molar-refractivity contribution in [3.63, 3.8) is 0 Å². The van der Waals surface area contributed by atoms with E-state index >= 15 is 0 Å². The Hall–Kier alpha value is -5.07. The van der Waals surface area contributed by atoms with Crippen molar-refractivity contribution in [1.82, 2.24) is 19.5 Å². The molecule has 8 rings (SSSR count). The summed E-state index contributed by atoms with van der Waals surface area (Å²) in [5, 5.41) is 5.34. The summed E-state index contributed by atoms with van der Waals surface area (Å²) in [4.78, 5) is 14.0. The maximum atomic E-state index is 6.13. The van der Waals surface area contributed by atoms with Crippen LogP contribution in [0.4, 0.5) is 0 Å². The van der Waals surface area contributed by atoms with Gasteiger partial charge in [-0.05, 0) is 60.7 Å². The Labute approximate surface area is 227 Å². The van der Waals surface area contributed by atoms with Crippen molar-refractivity contribution >= 4 is 44.2 Å². The van der Waals surface area contributed by atoms with E-state index in [1.807, 2.05) is 60.2 Å². The van der Waals surface area contributed by atoms with E-state index in [1.165, 1.54) is 10.8 Å². The number of aromatic nitrogens is 4. The molecule has 0 radical (unpaired) electrons.